The number of aliphatic hydroxyl groups excluding tert-OH is 1. The van der Waals surface area contributed by atoms with Gasteiger partial charge in [0.05, 0.1) is 0 Å². The van der Waals surface area contributed by atoms with Crippen molar-refractivity contribution in [3.05, 3.63) is 0 Å². The number of carbonyl (C=O) groups excluding carboxylic acids is 1. The van der Waals surface area contributed by atoms with E-state index in [1.54, 1.807) is 0 Å². The first kappa shape index (κ1) is 24.4. The van der Waals surface area contributed by atoms with E-state index in [4.69, 9.17) is 9.94 Å². The van der Waals surface area contributed by atoms with Gasteiger partial charge in [-0.05, 0) is 12.8 Å². The molecule has 0 rings (SSSR count). The summed E-state index contributed by atoms with van der Waals surface area (Å²) < 4.78 is 0. The summed E-state index contributed by atoms with van der Waals surface area (Å²) in [5.41, 5.74) is 2.58. The minimum Gasteiger partial charge on any atom is -0.396 e. The van der Waals surface area contributed by atoms with E-state index in [1.165, 1.54) is 83.5 Å². The Bertz CT molecular complexity index is 272. The number of rotatable bonds is 20. The first-order chi connectivity index (χ1) is 12.3. The molecule has 150 valence electrons. The van der Waals surface area contributed by atoms with Gasteiger partial charge in [0.2, 0.25) is 0 Å². The number of hydroxylamine groups is 1. The Morgan fingerprint density at radius 2 is 1.16 bits per heavy atom. The standard InChI is InChI=1S/C21H43NO3/c1-2-3-4-5-6-7-8-9-10-11-12-13-14-15-16-18-21(24)25-22-19-17-20-23/h22-23H,2-20H2,1H3. The van der Waals surface area contributed by atoms with Crippen molar-refractivity contribution in [3.8, 4) is 0 Å². The smallest absolute Gasteiger partial charge is 0.324 e. The second kappa shape index (κ2) is 21.4. The van der Waals surface area contributed by atoms with E-state index in [2.05, 4.69) is 12.4 Å². The lowest BCUT2D eigenvalue weighted by atomic mass is 10.0. The van der Waals surface area contributed by atoms with Gasteiger partial charge in [-0.2, -0.15) is 5.48 Å². The van der Waals surface area contributed by atoms with Crippen LogP contribution in [-0.2, 0) is 9.63 Å². The number of hydrogen-bond acceptors (Lipinski definition) is 4. The molecule has 0 aromatic rings. The second-order valence-corrected chi connectivity index (χ2v) is 7.15. The molecule has 0 saturated carbocycles. The van der Waals surface area contributed by atoms with E-state index in [0.717, 1.165) is 12.8 Å². The van der Waals surface area contributed by atoms with Crippen LogP contribution < -0.4 is 5.48 Å². The summed E-state index contributed by atoms with van der Waals surface area (Å²) in [6, 6.07) is 0. The Hall–Kier alpha value is -0.610. The predicted molar refractivity (Wildman–Crippen MR) is 105 cm³/mol. The van der Waals surface area contributed by atoms with Gasteiger partial charge < -0.3 is 9.94 Å². The van der Waals surface area contributed by atoms with Crippen LogP contribution in [0.5, 0.6) is 0 Å². The van der Waals surface area contributed by atoms with E-state index in [-0.39, 0.29) is 12.6 Å². The normalized spacial score (nSPS) is 11.0. The molecule has 0 unspecified atom stereocenters. The molecule has 4 heteroatoms. The van der Waals surface area contributed by atoms with Crippen LogP contribution in [0.3, 0.4) is 0 Å². The van der Waals surface area contributed by atoms with Crippen molar-refractivity contribution in [2.75, 3.05) is 13.2 Å². The fraction of sp³-hybridized carbons (Fsp3) is 0.952. The van der Waals surface area contributed by atoms with Crippen LogP contribution in [0.25, 0.3) is 0 Å². The van der Waals surface area contributed by atoms with Gasteiger partial charge in [-0.1, -0.05) is 96.8 Å². The van der Waals surface area contributed by atoms with Crippen LogP contribution in [-0.4, -0.2) is 24.2 Å². The zero-order chi connectivity index (χ0) is 18.4. The fourth-order valence-corrected chi connectivity index (χ4v) is 2.97. The number of unbranched alkanes of at least 4 members (excludes halogenated alkanes) is 14. The van der Waals surface area contributed by atoms with E-state index in [1.807, 2.05) is 0 Å². The summed E-state index contributed by atoms with van der Waals surface area (Å²) in [6.45, 7) is 2.90. The number of aliphatic hydroxyl groups is 1. The predicted octanol–water partition coefficient (Wildman–Crippen LogP) is 5.68. The third-order valence-electron chi connectivity index (χ3n) is 4.61. The molecule has 0 fully saturated rings. The monoisotopic (exact) mass is 357 g/mol. The zero-order valence-electron chi connectivity index (χ0n) is 16.7. The maximum atomic E-state index is 11.4. The van der Waals surface area contributed by atoms with Crippen molar-refractivity contribution in [1.82, 2.24) is 5.48 Å². The first-order valence-electron chi connectivity index (χ1n) is 10.8. The Morgan fingerprint density at radius 3 is 1.60 bits per heavy atom. The van der Waals surface area contributed by atoms with Crippen LogP contribution in [0.15, 0.2) is 0 Å². The molecule has 0 aliphatic carbocycles. The van der Waals surface area contributed by atoms with Crippen LogP contribution >= 0.6 is 0 Å². The number of hydrogen-bond donors (Lipinski definition) is 2. The summed E-state index contributed by atoms with van der Waals surface area (Å²) in [6.07, 6.45) is 21.0. The SMILES string of the molecule is CCCCCCCCCCCCCCCCCC(=O)ONCCCO. The van der Waals surface area contributed by atoms with Gasteiger partial charge in [-0.15, -0.1) is 0 Å². The van der Waals surface area contributed by atoms with E-state index >= 15 is 0 Å². The van der Waals surface area contributed by atoms with Crippen molar-refractivity contribution < 1.29 is 14.7 Å². The summed E-state index contributed by atoms with van der Waals surface area (Å²) in [4.78, 5) is 16.3. The lowest BCUT2D eigenvalue weighted by molar-refractivity contribution is -0.151. The minimum absolute atomic E-state index is 0.115. The average Bonchev–Trinajstić information content (AvgIpc) is 2.62. The molecule has 0 radical (unpaired) electrons. The van der Waals surface area contributed by atoms with Crippen molar-refractivity contribution >= 4 is 5.97 Å². The largest absolute Gasteiger partial charge is 0.396 e. The van der Waals surface area contributed by atoms with Gasteiger partial charge in [0, 0.05) is 19.6 Å². The molecule has 0 atom stereocenters. The molecule has 0 aliphatic rings. The highest BCUT2D eigenvalue weighted by Crippen LogP contribution is 2.13. The molecule has 0 amide bonds. The lowest BCUT2D eigenvalue weighted by Gasteiger charge is -2.05. The van der Waals surface area contributed by atoms with Crippen molar-refractivity contribution in [2.24, 2.45) is 0 Å². The Labute approximate surface area is 156 Å². The molecule has 2 N–H and O–H groups in total. The molecular formula is C21H43NO3. The van der Waals surface area contributed by atoms with Gasteiger partial charge >= 0.3 is 5.97 Å². The third kappa shape index (κ3) is 21.3. The van der Waals surface area contributed by atoms with E-state index < -0.39 is 0 Å². The Morgan fingerprint density at radius 1 is 0.720 bits per heavy atom. The molecular weight excluding hydrogens is 314 g/mol. The summed E-state index contributed by atoms with van der Waals surface area (Å²) >= 11 is 0. The summed E-state index contributed by atoms with van der Waals surface area (Å²) in [7, 11) is 0. The van der Waals surface area contributed by atoms with Crippen LogP contribution in [0.1, 0.15) is 116 Å². The maximum absolute atomic E-state index is 11.4. The average molecular weight is 358 g/mol. The quantitative estimate of drug-likeness (QED) is 0.217. The third-order valence-corrected chi connectivity index (χ3v) is 4.61. The second-order valence-electron chi connectivity index (χ2n) is 7.15. The molecule has 0 bridgehead atoms. The Balaban J connectivity index is 3.08. The topological polar surface area (TPSA) is 58.6 Å². The van der Waals surface area contributed by atoms with Gasteiger partial charge in [0.15, 0.2) is 0 Å². The van der Waals surface area contributed by atoms with E-state index in [9.17, 15) is 4.79 Å². The zero-order valence-corrected chi connectivity index (χ0v) is 16.7. The fourth-order valence-electron chi connectivity index (χ4n) is 2.97. The maximum Gasteiger partial charge on any atom is 0.324 e. The number of nitrogens with one attached hydrogen (secondary N) is 1. The van der Waals surface area contributed by atoms with Crippen molar-refractivity contribution in [1.29, 1.82) is 0 Å². The van der Waals surface area contributed by atoms with Gasteiger partial charge in [-0.3, -0.25) is 4.79 Å². The van der Waals surface area contributed by atoms with Gasteiger partial charge in [0.1, 0.15) is 0 Å². The lowest BCUT2D eigenvalue weighted by Crippen LogP contribution is -2.21. The number of carbonyl (C=O) groups is 1. The highest BCUT2D eigenvalue weighted by molar-refractivity contribution is 5.68. The van der Waals surface area contributed by atoms with Crippen LogP contribution in [0.2, 0.25) is 0 Å². The van der Waals surface area contributed by atoms with Crippen molar-refractivity contribution in [3.63, 3.8) is 0 Å². The molecule has 0 heterocycles. The highest BCUT2D eigenvalue weighted by Gasteiger charge is 2.02. The van der Waals surface area contributed by atoms with Crippen molar-refractivity contribution in [2.45, 2.75) is 116 Å². The first-order valence-corrected chi connectivity index (χ1v) is 10.8. The van der Waals surface area contributed by atoms with Crippen LogP contribution in [0, 0.1) is 0 Å². The molecule has 0 spiro atoms. The summed E-state index contributed by atoms with van der Waals surface area (Å²) in [5, 5.41) is 8.60. The molecule has 0 saturated heterocycles. The molecule has 4 nitrogen and oxygen atoms in total. The van der Waals surface area contributed by atoms with Crippen LogP contribution in [0.4, 0.5) is 0 Å². The molecule has 0 aromatic heterocycles. The highest BCUT2D eigenvalue weighted by atomic mass is 16.7. The van der Waals surface area contributed by atoms with Gasteiger partial charge in [-0.25, -0.2) is 0 Å². The molecule has 0 aliphatic heterocycles. The Kier molecular flexibility index (Phi) is 20.9. The molecule has 0 aromatic carbocycles. The molecule has 25 heavy (non-hydrogen) atoms. The summed E-state index contributed by atoms with van der Waals surface area (Å²) in [5.74, 6) is -0.187. The van der Waals surface area contributed by atoms with E-state index in [0.29, 0.717) is 19.4 Å². The van der Waals surface area contributed by atoms with Gasteiger partial charge in [0.25, 0.3) is 0 Å². The minimum atomic E-state index is -0.187.